The number of nitrogens with zero attached hydrogens (tertiary/aromatic N) is 2. The predicted molar refractivity (Wildman–Crippen MR) is 433 cm³/mol. The number of ketones is 2. The maximum atomic E-state index is 15.3. The number of H-pyrrole nitrogens is 1. The lowest BCUT2D eigenvalue weighted by Crippen LogP contribution is -2.64. The molecule has 3 aromatic rings. The van der Waals surface area contributed by atoms with Crippen LogP contribution in [0.1, 0.15) is 142 Å². The number of fused-ring (bicyclic) bond motifs is 5. The summed E-state index contributed by atoms with van der Waals surface area (Å²) in [5.41, 5.74) is 7.47. The van der Waals surface area contributed by atoms with Gasteiger partial charge in [-0.2, -0.15) is 5.48 Å². The molecule has 125 heavy (non-hydrogen) atoms. The molecule has 16 atom stereocenters. The van der Waals surface area contributed by atoms with Gasteiger partial charge in [0.1, 0.15) is 40.8 Å². The first kappa shape index (κ1) is 101. The van der Waals surface area contributed by atoms with Crippen LogP contribution in [-0.2, 0) is 134 Å². The first-order chi connectivity index (χ1) is 59.2. The number of primary amides is 1. The molecule has 2 fully saturated rings. The van der Waals surface area contributed by atoms with Gasteiger partial charge in [-0.25, -0.2) is 14.4 Å². The number of amides is 10. The standard InChI is InChI=1S/C81H115N11O32S/c1-12-42(2)65-74(107)85-36-63(102)86-56-41-125(112)75-53(30-48(71(104)84-37-64(103)88-65)31-59(99)66(43(3)60(100)39-93)89-73(106)57-34-50(97)38-92(57)76(108)49(32-58(56)98)33-62(82)101)52-19-18-51(35-55(52)87-75)116-23-16-14-13-15-22-91(10)80(111)117-40-47-17-20-61(54(29-47)72(105)83-21-24-114-25-26-115-27-28-118-90-79(110)124-81(7,8)9)122-78-70(121-46(6)96)68(120-45(5)95)67(119-44(4)94)69(123-78)77(109)113-11/h17-20,29,35,42-43,48-50,56-57,60,65-70,78,87,93,97,100H,12-16,21-28,30-34,36-41H2,1-11H3,(H2,82,101)(H,83,105)(H,84,104)(H,85,107)(H,86,102)(H,88,103)(H,89,106)(H,90,110)/t42-,43-,48+,49-,50+,56-,57-,60-,65-,66-,67-,68-,69-,70+,78?,125?/m0/s1. The number of nitrogens with one attached hydrogen (secondary N) is 8. The lowest BCUT2D eigenvalue weighted by atomic mass is 9.85. The number of methoxy groups -OCH3 is 1. The van der Waals surface area contributed by atoms with Crippen LogP contribution in [0.5, 0.6) is 11.5 Å². The zero-order chi connectivity index (χ0) is 92.1. The number of aliphatic hydroxyl groups is 3. The van der Waals surface area contributed by atoms with Crippen molar-refractivity contribution >= 4 is 117 Å². The Hall–Kier alpha value is -11.0. The molecule has 2 saturated heterocycles. The predicted octanol–water partition coefficient (Wildman–Crippen LogP) is -0.946. The number of unbranched alkanes of at least 4 members (excludes halogenated alkanes) is 3. The number of nitrogens with two attached hydrogens (primary N) is 1. The molecule has 2 aromatic carbocycles. The van der Waals surface area contributed by atoms with Gasteiger partial charge in [0, 0.05) is 96.4 Å². The van der Waals surface area contributed by atoms with Crippen molar-refractivity contribution in [1.82, 2.24) is 52.2 Å². The minimum Gasteiger partial charge on any atom is -0.494 e. The largest absolute Gasteiger partial charge is 0.494 e. The van der Waals surface area contributed by atoms with E-state index in [4.69, 9.17) is 62.7 Å². The van der Waals surface area contributed by atoms with Crippen molar-refractivity contribution in [3.8, 4) is 11.5 Å². The number of benzene rings is 2. The summed E-state index contributed by atoms with van der Waals surface area (Å²) < 4.78 is 76.8. The lowest BCUT2D eigenvalue weighted by molar-refractivity contribution is -0.282. The number of ether oxygens (including phenoxy) is 11. The lowest BCUT2D eigenvalue weighted by Gasteiger charge is -2.43. The number of hydroxylamine groups is 1. The van der Waals surface area contributed by atoms with E-state index in [2.05, 4.69) is 42.4 Å². The average Bonchev–Trinajstić information content (AvgIpc) is 1.71. The Morgan fingerprint density at radius 3 is 2.08 bits per heavy atom. The van der Waals surface area contributed by atoms with Crippen molar-refractivity contribution < 1.29 is 153 Å². The molecule has 43 nitrogen and oxygen atoms in total. The zero-order valence-electron chi connectivity index (χ0n) is 71.7. The fourth-order valence-corrected chi connectivity index (χ4v) is 15.5. The third-order valence-corrected chi connectivity index (χ3v) is 22.0. The van der Waals surface area contributed by atoms with Crippen LogP contribution in [0.4, 0.5) is 9.59 Å². The number of aliphatic hydroxyl groups excluding tert-OH is 3. The molecular weight excluding hydrogens is 1670 g/mol. The molecule has 4 aliphatic rings. The molecule has 4 aliphatic heterocycles. The highest BCUT2D eigenvalue weighted by atomic mass is 32.2. The highest BCUT2D eigenvalue weighted by molar-refractivity contribution is 7.85. The van der Waals surface area contributed by atoms with Gasteiger partial charge in [-0.15, -0.1) is 0 Å². The van der Waals surface area contributed by atoms with Crippen LogP contribution >= 0.6 is 0 Å². The second-order valence-electron chi connectivity index (χ2n) is 31.5. The van der Waals surface area contributed by atoms with Gasteiger partial charge >= 0.3 is 36.1 Å². The number of aromatic nitrogens is 1. The molecule has 10 amide bonds. The van der Waals surface area contributed by atoms with E-state index in [0.717, 1.165) is 32.8 Å². The molecule has 2 unspecified atom stereocenters. The summed E-state index contributed by atoms with van der Waals surface area (Å²) >= 11 is 0. The van der Waals surface area contributed by atoms with E-state index in [1.54, 1.807) is 52.8 Å². The topological polar surface area (TPSA) is 594 Å². The second kappa shape index (κ2) is 48.5. The monoisotopic (exact) mass is 1790 g/mol. The SMILES string of the molecule is CC[C@H](C)[C@@H]1NC(=O)CNC(=O)[C@H]2CC(=O)[C@H]([C@@H](C)[C@@H](O)CO)NC(=O)[C@@H]3C[C@@H](O)CN3C(=O)[C@H](CC(N)=O)CC(=O)[C@H](CS(=O)c3[nH]c4cc(OCCCCCCN(C)C(=O)OCc5ccc(OC6O[C@H](C(=O)OC)[C@@H](OC(C)=O)[C@H](OC(C)=O)[C@H]6OC(C)=O)c(C(=O)NCCOCCOCCONC(=O)OC(C)(C)C)c5)ccc4c3C2)NC(=O)CNC1=O. The first-order valence-electron chi connectivity index (χ1n) is 40.9. The number of Topliss-reactive ketones (excluding diaryl/α,β-unsaturated/α-hetero) is 2. The summed E-state index contributed by atoms with van der Waals surface area (Å²) in [6.45, 7) is 9.87. The summed E-state index contributed by atoms with van der Waals surface area (Å²) in [6.07, 6.45) is -14.4. The van der Waals surface area contributed by atoms with Crippen molar-refractivity contribution in [2.75, 3.05) is 98.9 Å². The molecule has 5 heterocycles. The van der Waals surface area contributed by atoms with Gasteiger partial charge in [0.2, 0.25) is 53.7 Å². The van der Waals surface area contributed by atoms with Crippen molar-refractivity contribution in [1.29, 1.82) is 0 Å². The van der Waals surface area contributed by atoms with E-state index in [1.165, 1.54) is 37.1 Å². The molecule has 44 heteroatoms. The number of rotatable bonds is 34. The summed E-state index contributed by atoms with van der Waals surface area (Å²) in [4.78, 5) is 229. The Morgan fingerprint density at radius 2 is 1.42 bits per heavy atom. The Labute approximate surface area is 722 Å². The molecule has 0 spiro atoms. The van der Waals surface area contributed by atoms with E-state index in [1.807, 2.05) is 0 Å². The van der Waals surface area contributed by atoms with Crippen LogP contribution in [-0.4, -0.2) is 301 Å². The number of carbonyl (C=O) groups is 16. The minimum atomic E-state index is -2.43. The fraction of sp³-hybridized carbons (Fsp3) is 0.630. The summed E-state index contributed by atoms with van der Waals surface area (Å²) in [5, 5.41) is 47.7. The third-order valence-electron chi connectivity index (χ3n) is 20.6. The highest BCUT2D eigenvalue weighted by Gasteiger charge is 2.56. The molecule has 0 saturated carbocycles. The maximum Gasteiger partial charge on any atom is 0.431 e. The Morgan fingerprint density at radius 1 is 0.760 bits per heavy atom. The van der Waals surface area contributed by atoms with Gasteiger partial charge in [0.05, 0.1) is 124 Å². The van der Waals surface area contributed by atoms with Crippen LogP contribution in [0.3, 0.4) is 0 Å². The summed E-state index contributed by atoms with van der Waals surface area (Å²) in [5.74, 6) is -19.2. The average molecular weight is 1790 g/mol. The number of esters is 4. The number of carbonyl (C=O) groups excluding carboxylic acids is 16. The van der Waals surface area contributed by atoms with Gasteiger partial charge in [-0.3, -0.25) is 71.4 Å². The summed E-state index contributed by atoms with van der Waals surface area (Å²) in [7, 11) is 0.0806. The number of aromatic amines is 1. The van der Waals surface area contributed by atoms with E-state index < -0.39 is 273 Å². The van der Waals surface area contributed by atoms with Crippen LogP contribution in [0.2, 0.25) is 0 Å². The summed E-state index contributed by atoms with van der Waals surface area (Å²) in [6, 6.07) is 2.38. The number of hydrogen-bond donors (Lipinski definition) is 12. The number of hydrogen-bond acceptors (Lipinski definition) is 32. The fourth-order valence-electron chi connectivity index (χ4n) is 14.1. The van der Waals surface area contributed by atoms with Gasteiger partial charge in [-0.05, 0) is 81.3 Å². The van der Waals surface area contributed by atoms with Crippen LogP contribution < -0.4 is 52.6 Å². The van der Waals surface area contributed by atoms with E-state index in [9.17, 15) is 87.2 Å². The third kappa shape index (κ3) is 30.7. The Kier molecular flexibility index (Phi) is 39.2. The minimum absolute atomic E-state index is 0.0106. The molecule has 692 valence electrons. The van der Waals surface area contributed by atoms with Gasteiger partial charge in [0.25, 0.3) is 5.91 Å². The quantitative estimate of drug-likeness (QED) is 0.0148. The van der Waals surface area contributed by atoms with Crippen LogP contribution in [0.15, 0.2) is 41.4 Å². The Bertz CT molecular complexity index is 4370. The van der Waals surface area contributed by atoms with E-state index >= 15 is 9.00 Å². The van der Waals surface area contributed by atoms with Crippen molar-refractivity contribution in [3.05, 3.63) is 53.1 Å². The van der Waals surface area contributed by atoms with E-state index in [-0.39, 0.29) is 91.5 Å². The molecular formula is C81H115N11O32S. The highest BCUT2D eigenvalue weighted by Crippen LogP contribution is 2.36. The molecule has 7 rings (SSSR count). The van der Waals surface area contributed by atoms with Crippen LogP contribution in [0, 0.1) is 23.7 Å². The van der Waals surface area contributed by atoms with Crippen molar-refractivity contribution in [2.24, 2.45) is 29.4 Å². The molecule has 13 N–H and O–H groups in total. The second-order valence-corrected chi connectivity index (χ2v) is 33.0. The first-order valence-corrected chi connectivity index (χ1v) is 42.2. The van der Waals surface area contributed by atoms with Crippen molar-refractivity contribution in [3.63, 3.8) is 0 Å². The maximum absolute atomic E-state index is 15.3. The van der Waals surface area contributed by atoms with Gasteiger partial charge in [0.15, 0.2) is 29.9 Å². The van der Waals surface area contributed by atoms with E-state index in [0.29, 0.717) is 37.5 Å². The molecule has 0 radical (unpaired) electrons. The van der Waals surface area contributed by atoms with Crippen LogP contribution in [0.25, 0.3) is 10.9 Å². The van der Waals surface area contributed by atoms with Gasteiger partial charge in [-0.1, -0.05) is 46.1 Å². The smallest absolute Gasteiger partial charge is 0.431 e. The zero-order valence-corrected chi connectivity index (χ0v) is 72.5. The Balaban J connectivity index is 1.07. The van der Waals surface area contributed by atoms with Gasteiger partial charge < -0.3 is 120 Å². The van der Waals surface area contributed by atoms with Crippen molar-refractivity contribution in [2.45, 2.75) is 211 Å². The molecule has 1 aromatic heterocycles. The normalized spacial score (nSPS) is 23.9. The molecule has 2 bridgehead atoms. The molecule has 0 aliphatic carbocycles.